The van der Waals surface area contributed by atoms with E-state index in [2.05, 4.69) is 0 Å². The van der Waals surface area contributed by atoms with Crippen LogP contribution in [-0.4, -0.2) is 49.4 Å². The molecule has 3 rings (SSSR count). The zero-order valence-corrected chi connectivity index (χ0v) is 15.3. The van der Waals surface area contributed by atoms with Gasteiger partial charge in [-0.05, 0) is 45.7 Å². The summed E-state index contributed by atoms with van der Waals surface area (Å²) in [6.07, 6.45) is 1.37. The van der Waals surface area contributed by atoms with E-state index in [9.17, 15) is 9.59 Å². The molecule has 2 aliphatic heterocycles. The number of fused-ring (bicyclic) bond motifs is 2. The number of ether oxygens (including phenoxy) is 3. The van der Waals surface area contributed by atoms with Gasteiger partial charge in [-0.3, -0.25) is 0 Å². The summed E-state index contributed by atoms with van der Waals surface area (Å²) in [6.45, 7) is 7.46. The lowest BCUT2D eigenvalue weighted by Gasteiger charge is -2.38. The van der Waals surface area contributed by atoms with Gasteiger partial charge >= 0.3 is 12.1 Å². The van der Waals surface area contributed by atoms with Crippen molar-refractivity contribution in [2.45, 2.75) is 44.6 Å². The van der Waals surface area contributed by atoms with Crippen LogP contribution in [0, 0.1) is 0 Å². The number of piperidine rings is 1. The predicted octanol–water partition coefficient (Wildman–Crippen LogP) is 3.13. The quantitative estimate of drug-likeness (QED) is 0.730. The lowest BCUT2D eigenvalue weighted by molar-refractivity contribution is 0.0152. The highest BCUT2D eigenvalue weighted by atomic mass is 16.6. The molecule has 0 atom stereocenters. The fraction of sp³-hybridized carbons (Fsp3) is 0.579. The number of benzene rings is 1. The van der Waals surface area contributed by atoms with E-state index in [0.717, 1.165) is 24.2 Å². The summed E-state index contributed by atoms with van der Waals surface area (Å²) in [5, 5.41) is 0. The zero-order valence-electron chi connectivity index (χ0n) is 15.3. The number of carbonyl (C=O) groups excluding carboxylic acids is 2. The topological polar surface area (TPSA) is 65.1 Å². The maximum absolute atomic E-state index is 12.2. The lowest BCUT2D eigenvalue weighted by Crippen LogP contribution is -2.47. The van der Waals surface area contributed by atoms with Gasteiger partial charge in [0.05, 0.1) is 19.3 Å². The minimum Gasteiger partial charge on any atom is -0.492 e. The fourth-order valence-electron chi connectivity index (χ4n) is 3.48. The van der Waals surface area contributed by atoms with Gasteiger partial charge < -0.3 is 19.1 Å². The molecule has 25 heavy (non-hydrogen) atoms. The molecule has 0 aliphatic carbocycles. The van der Waals surface area contributed by atoms with Crippen LogP contribution >= 0.6 is 0 Å². The van der Waals surface area contributed by atoms with Crippen molar-refractivity contribution in [3.05, 3.63) is 29.3 Å². The van der Waals surface area contributed by atoms with Crippen LogP contribution in [0.15, 0.2) is 18.2 Å². The molecule has 6 heteroatoms. The molecule has 1 saturated heterocycles. The van der Waals surface area contributed by atoms with Crippen LogP contribution < -0.4 is 4.74 Å². The molecule has 0 N–H and O–H groups in total. The van der Waals surface area contributed by atoms with Crippen molar-refractivity contribution in [2.24, 2.45) is 0 Å². The second kappa shape index (κ2) is 6.24. The Kier molecular flexibility index (Phi) is 4.39. The molecule has 1 fully saturated rings. The highest BCUT2D eigenvalue weighted by Gasteiger charge is 2.44. The second-order valence-electron chi connectivity index (χ2n) is 7.74. The molecule has 6 nitrogen and oxygen atoms in total. The maximum atomic E-state index is 12.2. The number of nitrogens with zero attached hydrogens (tertiary/aromatic N) is 1. The standard InChI is InChI=1S/C19H25NO5/c1-18(2,3)25-17(22)20-9-7-19(8-10-20)12-24-15-11-13(16(21)23-4)5-6-14(15)19/h5-6,11H,7-10,12H2,1-4H3. The van der Waals surface area contributed by atoms with Gasteiger partial charge in [0.2, 0.25) is 0 Å². The Morgan fingerprint density at radius 1 is 1.20 bits per heavy atom. The molecule has 0 unspecified atom stereocenters. The molecule has 136 valence electrons. The molecule has 2 heterocycles. The van der Waals surface area contributed by atoms with E-state index in [1.807, 2.05) is 26.8 Å². The summed E-state index contributed by atoms with van der Waals surface area (Å²) < 4.78 is 16.1. The lowest BCUT2D eigenvalue weighted by atomic mass is 9.74. The molecule has 0 aromatic heterocycles. The van der Waals surface area contributed by atoms with Gasteiger partial charge in [-0.1, -0.05) is 6.07 Å². The van der Waals surface area contributed by atoms with Crippen LogP contribution in [-0.2, 0) is 14.9 Å². The van der Waals surface area contributed by atoms with Crippen molar-refractivity contribution >= 4 is 12.1 Å². The Morgan fingerprint density at radius 3 is 2.48 bits per heavy atom. The van der Waals surface area contributed by atoms with Crippen molar-refractivity contribution in [3.8, 4) is 5.75 Å². The van der Waals surface area contributed by atoms with Crippen LogP contribution in [0.2, 0.25) is 0 Å². The molecule has 1 amide bonds. The highest BCUT2D eigenvalue weighted by Crippen LogP contribution is 2.46. The molecule has 0 bridgehead atoms. The van der Waals surface area contributed by atoms with Gasteiger partial charge in [-0.2, -0.15) is 0 Å². The van der Waals surface area contributed by atoms with Crippen LogP contribution in [0.5, 0.6) is 5.75 Å². The Balaban J connectivity index is 1.71. The van der Waals surface area contributed by atoms with Gasteiger partial charge in [-0.25, -0.2) is 9.59 Å². The third-order valence-electron chi connectivity index (χ3n) is 4.85. The van der Waals surface area contributed by atoms with E-state index >= 15 is 0 Å². The average Bonchev–Trinajstić information content (AvgIpc) is 2.91. The number of likely N-dealkylation sites (tertiary alicyclic amines) is 1. The molecular formula is C19H25NO5. The molecule has 1 aromatic rings. The summed E-state index contributed by atoms with van der Waals surface area (Å²) in [6, 6.07) is 5.48. The summed E-state index contributed by atoms with van der Waals surface area (Å²) in [5.74, 6) is 0.376. The van der Waals surface area contributed by atoms with Gasteiger partial charge in [0, 0.05) is 24.1 Å². The maximum Gasteiger partial charge on any atom is 0.410 e. The predicted molar refractivity (Wildman–Crippen MR) is 92.0 cm³/mol. The van der Waals surface area contributed by atoms with E-state index in [4.69, 9.17) is 14.2 Å². The molecule has 1 aromatic carbocycles. The Morgan fingerprint density at radius 2 is 1.88 bits per heavy atom. The smallest absolute Gasteiger partial charge is 0.410 e. The number of hydrogen-bond donors (Lipinski definition) is 0. The number of methoxy groups -OCH3 is 1. The van der Waals surface area contributed by atoms with E-state index in [0.29, 0.717) is 25.3 Å². The van der Waals surface area contributed by atoms with E-state index in [1.54, 1.807) is 17.0 Å². The first-order chi connectivity index (χ1) is 11.7. The van der Waals surface area contributed by atoms with Crippen molar-refractivity contribution in [1.82, 2.24) is 4.90 Å². The molecule has 0 saturated carbocycles. The van der Waals surface area contributed by atoms with Crippen LogP contribution in [0.1, 0.15) is 49.5 Å². The Bertz CT molecular complexity index is 684. The number of rotatable bonds is 1. The first-order valence-electron chi connectivity index (χ1n) is 8.58. The third-order valence-corrected chi connectivity index (χ3v) is 4.85. The molecular weight excluding hydrogens is 322 g/mol. The van der Waals surface area contributed by atoms with Gasteiger partial charge in [-0.15, -0.1) is 0 Å². The molecule has 0 radical (unpaired) electrons. The number of hydrogen-bond acceptors (Lipinski definition) is 5. The third kappa shape index (κ3) is 3.43. The summed E-state index contributed by atoms with van der Waals surface area (Å²) in [5.41, 5.74) is 1.02. The van der Waals surface area contributed by atoms with E-state index < -0.39 is 5.60 Å². The van der Waals surface area contributed by atoms with Gasteiger partial charge in [0.15, 0.2) is 0 Å². The summed E-state index contributed by atoms with van der Waals surface area (Å²) in [7, 11) is 1.37. The molecule has 1 spiro atoms. The van der Waals surface area contributed by atoms with Crippen LogP contribution in [0.4, 0.5) is 4.79 Å². The highest BCUT2D eigenvalue weighted by molar-refractivity contribution is 5.90. The van der Waals surface area contributed by atoms with E-state index in [1.165, 1.54) is 7.11 Å². The fourth-order valence-corrected chi connectivity index (χ4v) is 3.48. The summed E-state index contributed by atoms with van der Waals surface area (Å²) >= 11 is 0. The van der Waals surface area contributed by atoms with Gasteiger partial charge in [0.1, 0.15) is 11.4 Å². The van der Waals surface area contributed by atoms with Crippen molar-refractivity contribution in [3.63, 3.8) is 0 Å². The Labute approximate surface area is 148 Å². The number of esters is 1. The van der Waals surface area contributed by atoms with E-state index in [-0.39, 0.29) is 17.5 Å². The normalized spacial score (nSPS) is 18.5. The average molecular weight is 347 g/mol. The minimum absolute atomic E-state index is 0.0947. The SMILES string of the molecule is COC(=O)c1ccc2c(c1)OCC21CCN(C(=O)OC(C)(C)C)CC1. The van der Waals surface area contributed by atoms with Crippen LogP contribution in [0.3, 0.4) is 0 Å². The van der Waals surface area contributed by atoms with Crippen molar-refractivity contribution in [1.29, 1.82) is 0 Å². The Hall–Kier alpha value is -2.24. The van der Waals surface area contributed by atoms with Gasteiger partial charge in [0.25, 0.3) is 0 Å². The monoisotopic (exact) mass is 347 g/mol. The number of carbonyl (C=O) groups is 2. The number of amides is 1. The van der Waals surface area contributed by atoms with Crippen molar-refractivity contribution < 1.29 is 23.8 Å². The molecule has 2 aliphatic rings. The minimum atomic E-state index is -0.487. The first kappa shape index (κ1) is 17.6. The summed E-state index contributed by atoms with van der Waals surface area (Å²) in [4.78, 5) is 25.7. The first-order valence-corrected chi connectivity index (χ1v) is 8.58. The zero-order chi connectivity index (χ0) is 18.2. The van der Waals surface area contributed by atoms with Crippen molar-refractivity contribution in [2.75, 3.05) is 26.8 Å². The largest absolute Gasteiger partial charge is 0.492 e. The van der Waals surface area contributed by atoms with Crippen LogP contribution in [0.25, 0.3) is 0 Å². The second-order valence-corrected chi connectivity index (χ2v) is 7.74.